The molecule has 3 rings (SSSR count). The average Bonchev–Trinajstić information content (AvgIpc) is 3.16. The number of rotatable bonds is 8. The van der Waals surface area contributed by atoms with E-state index < -0.39 is 0 Å². The predicted molar refractivity (Wildman–Crippen MR) is 109 cm³/mol. The number of likely N-dealkylation sites (tertiary alicyclic amines) is 1. The summed E-state index contributed by atoms with van der Waals surface area (Å²) in [5.41, 5.74) is 2.59. The van der Waals surface area contributed by atoms with Gasteiger partial charge in [0.1, 0.15) is 5.75 Å². The third-order valence-corrected chi connectivity index (χ3v) is 5.15. The first kappa shape index (κ1) is 19.4. The van der Waals surface area contributed by atoms with Gasteiger partial charge in [0.2, 0.25) is 0 Å². The molecule has 0 unspecified atom stereocenters. The van der Waals surface area contributed by atoms with Crippen LogP contribution in [0.1, 0.15) is 35.7 Å². The quantitative estimate of drug-likeness (QED) is 0.750. The van der Waals surface area contributed by atoms with E-state index in [1.54, 1.807) is 31.4 Å². The van der Waals surface area contributed by atoms with Crippen LogP contribution in [-0.2, 0) is 6.54 Å². The first-order chi connectivity index (χ1) is 13.2. The molecule has 1 heterocycles. The molecule has 2 N–H and O–H groups in total. The highest BCUT2D eigenvalue weighted by atomic mass is 16.5. The van der Waals surface area contributed by atoms with E-state index >= 15 is 0 Å². The van der Waals surface area contributed by atoms with Gasteiger partial charge >= 0.3 is 0 Å². The smallest absolute Gasteiger partial charge is 0.255 e. The molecule has 0 aromatic heterocycles. The van der Waals surface area contributed by atoms with E-state index in [2.05, 4.69) is 28.5 Å². The minimum absolute atomic E-state index is 0.118. The second-order valence-electron chi connectivity index (χ2n) is 6.94. The Morgan fingerprint density at radius 2 is 2.04 bits per heavy atom. The highest BCUT2D eigenvalue weighted by Crippen LogP contribution is 2.17. The molecule has 2 aromatic rings. The van der Waals surface area contributed by atoms with E-state index in [4.69, 9.17) is 4.74 Å². The van der Waals surface area contributed by atoms with Crippen molar-refractivity contribution < 1.29 is 9.53 Å². The van der Waals surface area contributed by atoms with E-state index in [-0.39, 0.29) is 5.91 Å². The minimum Gasteiger partial charge on any atom is -0.497 e. The van der Waals surface area contributed by atoms with Gasteiger partial charge in [-0.25, -0.2) is 0 Å². The van der Waals surface area contributed by atoms with E-state index in [0.29, 0.717) is 11.6 Å². The number of hydrogen-bond acceptors (Lipinski definition) is 4. The lowest BCUT2D eigenvalue weighted by Gasteiger charge is -2.23. The summed E-state index contributed by atoms with van der Waals surface area (Å²) in [6.45, 7) is 6.39. The maximum Gasteiger partial charge on any atom is 0.255 e. The topological polar surface area (TPSA) is 53.6 Å². The third kappa shape index (κ3) is 5.31. The fourth-order valence-electron chi connectivity index (χ4n) is 3.63. The second kappa shape index (κ2) is 9.53. The molecule has 144 valence electrons. The SMILES string of the molecule is CCN1CCC[C@H]1CNCc1cccc(NC(=O)c2ccc(OC)cc2)c1. The normalized spacial score (nSPS) is 17.0. The van der Waals surface area contributed by atoms with Crippen LogP contribution in [0.3, 0.4) is 0 Å². The van der Waals surface area contributed by atoms with Gasteiger partial charge < -0.3 is 15.4 Å². The van der Waals surface area contributed by atoms with Crippen LogP contribution in [0.25, 0.3) is 0 Å². The summed E-state index contributed by atoms with van der Waals surface area (Å²) in [4.78, 5) is 14.9. The van der Waals surface area contributed by atoms with Gasteiger partial charge in [-0.2, -0.15) is 0 Å². The van der Waals surface area contributed by atoms with Crippen LogP contribution < -0.4 is 15.4 Å². The molecule has 2 aromatic carbocycles. The number of amides is 1. The molecule has 27 heavy (non-hydrogen) atoms. The highest BCUT2D eigenvalue weighted by Gasteiger charge is 2.22. The fourth-order valence-corrected chi connectivity index (χ4v) is 3.63. The molecule has 0 radical (unpaired) electrons. The standard InChI is InChI=1S/C22H29N3O2/c1-3-25-13-5-8-20(25)16-23-15-17-6-4-7-19(14-17)24-22(26)18-9-11-21(27-2)12-10-18/h4,6-7,9-12,14,20,23H,3,5,8,13,15-16H2,1-2H3,(H,24,26)/t20-/m0/s1. The van der Waals surface area contributed by atoms with E-state index in [9.17, 15) is 4.79 Å². The van der Waals surface area contributed by atoms with E-state index in [1.807, 2.05) is 18.2 Å². The van der Waals surface area contributed by atoms with Crippen LogP contribution in [0.15, 0.2) is 48.5 Å². The number of anilines is 1. The molecule has 5 heteroatoms. The fraction of sp³-hybridized carbons (Fsp3) is 0.409. The Hall–Kier alpha value is -2.37. The van der Waals surface area contributed by atoms with Crippen LogP contribution in [-0.4, -0.2) is 43.6 Å². The summed E-state index contributed by atoms with van der Waals surface area (Å²) in [5, 5.41) is 6.53. The summed E-state index contributed by atoms with van der Waals surface area (Å²) in [6, 6.07) is 15.8. The van der Waals surface area contributed by atoms with Crippen molar-refractivity contribution in [2.24, 2.45) is 0 Å². The molecule has 1 amide bonds. The first-order valence-corrected chi connectivity index (χ1v) is 9.68. The number of nitrogens with zero attached hydrogens (tertiary/aromatic N) is 1. The van der Waals surface area contributed by atoms with Crippen molar-refractivity contribution >= 4 is 11.6 Å². The maximum atomic E-state index is 12.4. The summed E-state index contributed by atoms with van der Waals surface area (Å²) < 4.78 is 5.13. The number of methoxy groups -OCH3 is 1. The van der Waals surface area contributed by atoms with Crippen molar-refractivity contribution in [1.82, 2.24) is 10.2 Å². The zero-order chi connectivity index (χ0) is 19.1. The minimum atomic E-state index is -0.118. The average molecular weight is 367 g/mol. The monoisotopic (exact) mass is 367 g/mol. The molecule has 5 nitrogen and oxygen atoms in total. The van der Waals surface area contributed by atoms with Crippen molar-refractivity contribution in [2.45, 2.75) is 32.4 Å². The Morgan fingerprint density at radius 3 is 2.78 bits per heavy atom. The van der Waals surface area contributed by atoms with Gasteiger partial charge in [0, 0.05) is 30.4 Å². The third-order valence-electron chi connectivity index (χ3n) is 5.15. The lowest BCUT2D eigenvalue weighted by Crippen LogP contribution is -2.37. The number of likely N-dealkylation sites (N-methyl/N-ethyl adjacent to an activating group) is 1. The largest absolute Gasteiger partial charge is 0.497 e. The van der Waals surface area contributed by atoms with Crippen LogP contribution in [0.4, 0.5) is 5.69 Å². The van der Waals surface area contributed by atoms with Crippen LogP contribution in [0, 0.1) is 0 Å². The predicted octanol–water partition coefficient (Wildman–Crippen LogP) is 3.52. The van der Waals surface area contributed by atoms with Gasteiger partial charge in [-0.05, 0) is 67.9 Å². The Kier molecular flexibility index (Phi) is 6.85. The number of benzene rings is 2. The summed E-state index contributed by atoms with van der Waals surface area (Å²) in [6.07, 6.45) is 2.58. The van der Waals surface area contributed by atoms with Crippen molar-refractivity contribution in [1.29, 1.82) is 0 Å². The van der Waals surface area contributed by atoms with Crippen LogP contribution in [0.5, 0.6) is 5.75 Å². The Balaban J connectivity index is 1.52. The zero-order valence-corrected chi connectivity index (χ0v) is 16.2. The lowest BCUT2D eigenvalue weighted by molar-refractivity contribution is 0.102. The van der Waals surface area contributed by atoms with Gasteiger partial charge in [0.25, 0.3) is 5.91 Å². The van der Waals surface area contributed by atoms with Crippen molar-refractivity contribution in [3.63, 3.8) is 0 Å². The Labute approximate surface area is 161 Å². The molecular weight excluding hydrogens is 338 g/mol. The number of carbonyl (C=O) groups is 1. The number of carbonyl (C=O) groups excluding carboxylic acids is 1. The number of ether oxygens (including phenoxy) is 1. The summed E-state index contributed by atoms with van der Waals surface area (Å²) in [7, 11) is 1.61. The molecule has 0 bridgehead atoms. The van der Waals surface area contributed by atoms with Gasteiger partial charge in [0.15, 0.2) is 0 Å². The van der Waals surface area contributed by atoms with Gasteiger partial charge in [-0.15, -0.1) is 0 Å². The van der Waals surface area contributed by atoms with Crippen molar-refractivity contribution in [3.05, 3.63) is 59.7 Å². The molecule has 0 saturated carbocycles. The zero-order valence-electron chi connectivity index (χ0n) is 16.2. The van der Waals surface area contributed by atoms with Crippen molar-refractivity contribution in [2.75, 3.05) is 32.1 Å². The molecule has 1 saturated heterocycles. The second-order valence-corrected chi connectivity index (χ2v) is 6.94. The number of hydrogen-bond donors (Lipinski definition) is 2. The Bertz CT molecular complexity index is 745. The van der Waals surface area contributed by atoms with Gasteiger partial charge in [0.05, 0.1) is 7.11 Å². The lowest BCUT2D eigenvalue weighted by atomic mass is 10.1. The molecule has 1 aliphatic rings. The molecule has 0 aliphatic carbocycles. The molecule has 0 spiro atoms. The number of nitrogens with one attached hydrogen (secondary N) is 2. The van der Waals surface area contributed by atoms with E-state index in [1.165, 1.54) is 24.9 Å². The molecule has 1 fully saturated rings. The van der Waals surface area contributed by atoms with Crippen molar-refractivity contribution in [3.8, 4) is 5.75 Å². The molecule has 1 aliphatic heterocycles. The van der Waals surface area contributed by atoms with Crippen LogP contribution >= 0.6 is 0 Å². The highest BCUT2D eigenvalue weighted by molar-refractivity contribution is 6.04. The van der Waals surface area contributed by atoms with Crippen LogP contribution in [0.2, 0.25) is 0 Å². The van der Waals surface area contributed by atoms with Gasteiger partial charge in [-0.3, -0.25) is 9.69 Å². The molecule has 1 atom stereocenters. The van der Waals surface area contributed by atoms with Gasteiger partial charge in [-0.1, -0.05) is 19.1 Å². The first-order valence-electron chi connectivity index (χ1n) is 9.68. The summed E-state index contributed by atoms with van der Waals surface area (Å²) >= 11 is 0. The Morgan fingerprint density at radius 1 is 1.22 bits per heavy atom. The summed E-state index contributed by atoms with van der Waals surface area (Å²) in [5.74, 6) is 0.621. The molecular formula is C22H29N3O2. The maximum absolute atomic E-state index is 12.4. The van der Waals surface area contributed by atoms with E-state index in [0.717, 1.165) is 31.1 Å².